The van der Waals surface area contributed by atoms with Crippen LogP contribution in [0, 0.1) is 11.8 Å². The van der Waals surface area contributed by atoms with Crippen molar-refractivity contribution in [2.24, 2.45) is 18.9 Å². The van der Waals surface area contributed by atoms with Gasteiger partial charge >= 0.3 is 0 Å². The summed E-state index contributed by atoms with van der Waals surface area (Å²) in [5.74, 6) is 0.304. The van der Waals surface area contributed by atoms with E-state index < -0.39 is 10.0 Å². The molecule has 2 rings (SSSR count). The van der Waals surface area contributed by atoms with Crippen LogP contribution >= 0.6 is 0 Å². The molecule has 0 spiro atoms. The van der Waals surface area contributed by atoms with Gasteiger partial charge in [-0.3, -0.25) is 4.68 Å². The Hall–Kier alpha value is -0.920. The zero-order valence-electron chi connectivity index (χ0n) is 12.9. The first-order valence-electron chi connectivity index (χ1n) is 7.44. The van der Waals surface area contributed by atoms with Crippen molar-refractivity contribution in [3.8, 4) is 0 Å². The maximum absolute atomic E-state index is 12.5. The predicted octanol–water partition coefficient (Wildman–Crippen LogP) is 0.804. The van der Waals surface area contributed by atoms with E-state index in [1.165, 1.54) is 4.31 Å². The average molecular weight is 315 g/mol. The fraction of sp³-hybridized carbons (Fsp3) is 0.786. The van der Waals surface area contributed by atoms with Gasteiger partial charge in [0.2, 0.25) is 10.0 Å². The summed E-state index contributed by atoms with van der Waals surface area (Å²) in [6.45, 7) is 4.79. The minimum absolute atomic E-state index is 0.00505. The standard InChI is InChI=1S/C14H25N3O3S/c1-4-11(2)10-21(19,20)17-7-13(9-18)14(8-17)12-5-15-16(3)6-12/h5-6,11,13-14,18H,4,7-10H2,1-3H3/t11-,13-,14-/m0/s1. The molecule has 0 bridgehead atoms. The van der Waals surface area contributed by atoms with E-state index in [1.807, 2.05) is 27.1 Å². The van der Waals surface area contributed by atoms with E-state index in [2.05, 4.69) is 5.10 Å². The van der Waals surface area contributed by atoms with Crippen LogP contribution in [0.5, 0.6) is 0 Å². The van der Waals surface area contributed by atoms with Crippen molar-refractivity contribution in [3.05, 3.63) is 18.0 Å². The van der Waals surface area contributed by atoms with Crippen molar-refractivity contribution >= 4 is 10.0 Å². The molecule has 0 amide bonds. The summed E-state index contributed by atoms with van der Waals surface area (Å²) in [6.07, 6.45) is 4.51. The summed E-state index contributed by atoms with van der Waals surface area (Å²) in [4.78, 5) is 0. The molecular weight excluding hydrogens is 290 g/mol. The monoisotopic (exact) mass is 315 g/mol. The van der Waals surface area contributed by atoms with E-state index in [-0.39, 0.29) is 30.1 Å². The van der Waals surface area contributed by atoms with Crippen molar-refractivity contribution < 1.29 is 13.5 Å². The van der Waals surface area contributed by atoms with E-state index in [4.69, 9.17) is 0 Å². The van der Waals surface area contributed by atoms with E-state index in [1.54, 1.807) is 10.9 Å². The number of sulfonamides is 1. The molecule has 0 unspecified atom stereocenters. The quantitative estimate of drug-likeness (QED) is 0.843. The molecule has 1 aromatic heterocycles. The third-order valence-corrected chi connectivity index (χ3v) is 6.46. The number of nitrogens with zero attached hydrogens (tertiary/aromatic N) is 3. The Morgan fingerprint density at radius 3 is 2.71 bits per heavy atom. The third-order valence-electron chi connectivity index (χ3n) is 4.38. The molecule has 1 aromatic rings. The van der Waals surface area contributed by atoms with Crippen molar-refractivity contribution in [1.82, 2.24) is 14.1 Å². The molecule has 1 N–H and O–H groups in total. The highest BCUT2D eigenvalue weighted by molar-refractivity contribution is 7.89. The summed E-state index contributed by atoms with van der Waals surface area (Å²) in [6, 6.07) is 0. The van der Waals surface area contributed by atoms with Gasteiger partial charge in [-0.05, 0) is 11.5 Å². The van der Waals surface area contributed by atoms with Crippen LogP contribution in [0.1, 0.15) is 31.7 Å². The highest BCUT2D eigenvalue weighted by atomic mass is 32.2. The van der Waals surface area contributed by atoms with Gasteiger partial charge in [-0.25, -0.2) is 12.7 Å². The largest absolute Gasteiger partial charge is 0.396 e. The number of aliphatic hydroxyl groups excluding tert-OH is 1. The van der Waals surface area contributed by atoms with E-state index >= 15 is 0 Å². The first kappa shape index (κ1) is 16.5. The maximum atomic E-state index is 12.5. The zero-order chi connectivity index (χ0) is 15.6. The van der Waals surface area contributed by atoms with E-state index in [9.17, 15) is 13.5 Å². The SMILES string of the molecule is CC[C@H](C)CS(=O)(=O)N1C[C@@H](CO)[C@H](c2cnn(C)c2)C1. The summed E-state index contributed by atoms with van der Waals surface area (Å²) in [5.41, 5.74) is 0.998. The van der Waals surface area contributed by atoms with Crippen molar-refractivity contribution in [2.45, 2.75) is 26.2 Å². The lowest BCUT2D eigenvalue weighted by atomic mass is 9.92. The van der Waals surface area contributed by atoms with Crippen LogP contribution in [0.4, 0.5) is 0 Å². The molecule has 0 saturated carbocycles. The molecule has 1 aliphatic heterocycles. The van der Waals surface area contributed by atoms with Gasteiger partial charge in [0.1, 0.15) is 0 Å². The van der Waals surface area contributed by atoms with Gasteiger partial charge < -0.3 is 5.11 Å². The highest BCUT2D eigenvalue weighted by Gasteiger charge is 2.39. The lowest BCUT2D eigenvalue weighted by Gasteiger charge is -2.18. The molecule has 0 aromatic carbocycles. The first-order chi connectivity index (χ1) is 9.87. The molecule has 1 saturated heterocycles. The Bertz CT molecular complexity index is 570. The van der Waals surface area contributed by atoms with E-state index in [0.717, 1.165) is 12.0 Å². The number of aliphatic hydroxyl groups is 1. The molecule has 2 heterocycles. The fourth-order valence-electron chi connectivity index (χ4n) is 2.84. The zero-order valence-corrected chi connectivity index (χ0v) is 13.8. The molecule has 120 valence electrons. The molecule has 1 aliphatic rings. The fourth-order valence-corrected chi connectivity index (χ4v) is 4.81. The lowest BCUT2D eigenvalue weighted by Crippen LogP contribution is -2.33. The molecule has 0 radical (unpaired) electrons. The Morgan fingerprint density at radius 2 is 2.19 bits per heavy atom. The first-order valence-corrected chi connectivity index (χ1v) is 9.05. The summed E-state index contributed by atoms with van der Waals surface area (Å²) >= 11 is 0. The normalized spacial score (nSPS) is 25.3. The Balaban J connectivity index is 2.15. The highest BCUT2D eigenvalue weighted by Crippen LogP contribution is 2.34. The van der Waals surface area contributed by atoms with Crippen LogP contribution in [0.25, 0.3) is 0 Å². The van der Waals surface area contributed by atoms with Gasteiger partial charge in [0.25, 0.3) is 0 Å². The molecule has 0 aliphatic carbocycles. The van der Waals surface area contributed by atoms with Crippen molar-refractivity contribution in [3.63, 3.8) is 0 Å². The van der Waals surface area contributed by atoms with Crippen LogP contribution in [-0.2, 0) is 17.1 Å². The Kier molecular flexibility index (Phi) is 5.06. The van der Waals surface area contributed by atoms with Gasteiger partial charge in [-0.1, -0.05) is 20.3 Å². The number of aromatic nitrogens is 2. The Labute approximate surface area is 126 Å². The topological polar surface area (TPSA) is 75.4 Å². The van der Waals surface area contributed by atoms with E-state index in [0.29, 0.717) is 13.1 Å². The van der Waals surface area contributed by atoms with Crippen LogP contribution in [0.15, 0.2) is 12.4 Å². The number of hydrogen-bond donors (Lipinski definition) is 1. The summed E-state index contributed by atoms with van der Waals surface area (Å²) < 4.78 is 28.2. The lowest BCUT2D eigenvalue weighted by molar-refractivity contribution is 0.223. The molecule has 1 fully saturated rings. The van der Waals surface area contributed by atoms with Gasteiger partial charge in [-0.2, -0.15) is 5.10 Å². The summed E-state index contributed by atoms with van der Waals surface area (Å²) in [5, 5.41) is 13.7. The van der Waals surface area contributed by atoms with Gasteiger partial charge in [0.15, 0.2) is 0 Å². The van der Waals surface area contributed by atoms with Gasteiger partial charge in [-0.15, -0.1) is 0 Å². The number of rotatable bonds is 6. The molecule has 7 heteroatoms. The predicted molar refractivity (Wildman–Crippen MR) is 81.3 cm³/mol. The van der Waals surface area contributed by atoms with Crippen LogP contribution < -0.4 is 0 Å². The summed E-state index contributed by atoms with van der Waals surface area (Å²) in [7, 11) is -1.42. The van der Waals surface area contributed by atoms with Crippen LogP contribution in [0.3, 0.4) is 0 Å². The minimum Gasteiger partial charge on any atom is -0.396 e. The molecule has 6 nitrogen and oxygen atoms in total. The molecule has 3 atom stereocenters. The second-order valence-electron chi connectivity index (χ2n) is 6.11. The average Bonchev–Trinajstić information content (AvgIpc) is 3.03. The Morgan fingerprint density at radius 1 is 1.48 bits per heavy atom. The second kappa shape index (κ2) is 6.46. The van der Waals surface area contributed by atoms with Crippen LogP contribution in [-0.4, -0.2) is 53.1 Å². The third kappa shape index (κ3) is 3.64. The second-order valence-corrected chi connectivity index (χ2v) is 8.12. The smallest absolute Gasteiger partial charge is 0.214 e. The van der Waals surface area contributed by atoms with Gasteiger partial charge in [0.05, 0.1) is 11.9 Å². The molecular formula is C14H25N3O3S. The van der Waals surface area contributed by atoms with Crippen molar-refractivity contribution in [1.29, 1.82) is 0 Å². The van der Waals surface area contributed by atoms with Crippen LogP contribution in [0.2, 0.25) is 0 Å². The number of aryl methyl sites for hydroxylation is 1. The van der Waals surface area contributed by atoms with Crippen molar-refractivity contribution in [2.75, 3.05) is 25.4 Å². The van der Waals surface area contributed by atoms with Gasteiger partial charge in [0, 0.05) is 44.8 Å². The number of hydrogen-bond acceptors (Lipinski definition) is 4. The maximum Gasteiger partial charge on any atom is 0.214 e. The molecule has 21 heavy (non-hydrogen) atoms. The minimum atomic E-state index is -3.25.